The first kappa shape index (κ1) is 15.2. The van der Waals surface area contributed by atoms with Gasteiger partial charge in [-0.1, -0.05) is 11.6 Å². The second-order valence-corrected chi connectivity index (χ2v) is 6.63. The normalized spacial score (nSPS) is 11.9. The lowest BCUT2D eigenvalue weighted by atomic mass is 10.4. The Hall–Kier alpha value is -1.16. The molecule has 2 aromatic rings. The van der Waals surface area contributed by atoms with Gasteiger partial charge in [-0.25, -0.2) is 18.1 Å². The number of nitrogens with zero attached hydrogens (tertiary/aromatic N) is 2. The summed E-state index contributed by atoms with van der Waals surface area (Å²) in [6.07, 6.45) is 1.52. The number of carbonyl (C=O) groups is 1. The molecule has 0 radical (unpaired) electrons. The fourth-order valence-electron chi connectivity index (χ4n) is 1.57. The molecule has 0 spiro atoms. The predicted molar refractivity (Wildman–Crippen MR) is 74.5 cm³/mol. The summed E-state index contributed by atoms with van der Waals surface area (Å²) in [7, 11) is -3.84. The Bertz CT molecular complexity index is 722. The molecule has 0 aliphatic rings. The van der Waals surface area contributed by atoms with E-state index in [0.29, 0.717) is 4.96 Å². The van der Waals surface area contributed by atoms with Crippen molar-refractivity contribution in [2.24, 2.45) is 0 Å². The number of sulfonamides is 1. The highest BCUT2D eigenvalue weighted by atomic mass is 35.5. The Morgan fingerprint density at radius 2 is 2.35 bits per heavy atom. The minimum Gasteiger partial charge on any atom is -0.466 e. The average molecular weight is 338 g/mol. The van der Waals surface area contributed by atoms with Gasteiger partial charge in [0.2, 0.25) is 0 Å². The third kappa shape index (κ3) is 3.11. The fraction of sp³-hybridized carbons (Fsp3) is 0.400. The van der Waals surface area contributed by atoms with Crippen molar-refractivity contribution < 1.29 is 17.9 Å². The van der Waals surface area contributed by atoms with Crippen molar-refractivity contribution in [1.82, 2.24) is 14.1 Å². The first-order valence-corrected chi connectivity index (χ1v) is 8.46. The van der Waals surface area contributed by atoms with Crippen molar-refractivity contribution in [2.45, 2.75) is 18.4 Å². The molecule has 7 nitrogen and oxygen atoms in total. The zero-order chi connectivity index (χ0) is 14.8. The second-order valence-electron chi connectivity index (χ2n) is 3.72. The van der Waals surface area contributed by atoms with Gasteiger partial charge in [0.1, 0.15) is 0 Å². The molecule has 0 fully saturated rings. The minimum atomic E-state index is -3.84. The van der Waals surface area contributed by atoms with Crippen LogP contribution >= 0.6 is 22.9 Å². The van der Waals surface area contributed by atoms with Gasteiger partial charge in [0.05, 0.1) is 13.0 Å². The van der Waals surface area contributed by atoms with E-state index < -0.39 is 16.0 Å². The number of hydrogen-bond donors (Lipinski definition) is 1. The van der Waals surface area contributed by atoms with Gasteiger partial charge in [-0.3, -0.25) is 9.20 Å². The summed E-state index contributed by atoms with van der Waals surface area (Å²) < 4.78 is 32.7. The zero-order valence-corrected chi connectivity index (χ0v) is 12.9. The summed E-state index contributed by atoms with van der Waals surface area (Å²) in [4.78, 5) is 15.6. The predicted octanol–water partition coefficient (Wildman–Crippen LogP) is 1.28. The van der Waals surface area contributed by atoms with Crippen LogP contribution in [0.2, 0.25) is 5.15 Å². The molecule has 1 N–H and O–H groups in total. The van der Waals surface area contributed by atoms with E-state index in [1.807, 2.05) is 0 Å². The maximum Gasteiger partial charge on any atom is 0.307 e. The first-order chi connectivity index (χ1) is 9.45. The minimum absolute atomic E-state index is 0.0454. The molecule has 0 aromatic carbocycles. The van der Waals surface area contributed by atoms with Crippen LogP contribution in [0.15, 0.2) is 16.6 Å². The molecule has 0 aliphatic carbocycles. The van der Waals surface area contributed by atoms with E-state index in [0.717, 1.165) is 0 Å². The van der Waals surface area contributed by atoms with Gasteiger partial charge < -0.3 is 4.74 Å². The van der Waals surface area contributed by atoms with Crippen LogP contribution < -0.4 is 4.72 Å². The van der Waals surface area contributed by atoms with Crippen LogP contribution in [0.4, 0.5) is 0 Å². The largest absolute Gasteiger partial charge is 0.466 e. The smallest absolute Gasteiger partial charge is 0.307 e. The van der Waals surface area contributed by atoms with E-state index in [-0.39, 0.29) is 29.8 Å². The van der Waals surface area contributed by atoms with Gasteiger partial charge >= 0.3 is 5.97 Å². The highest BCUT2D eigenvalue weighted by molar-refractivity contribution is 7.89. The maximum atomic E-state index is 12.2. The van der Waals surface area contributed by atoms with Gasteiger partial charge in [0.25, 0.3) is 10.0 Å². The molecule has 0 saturated heterocycles. The van der Waals surface area contributed by atoms with Crippen LogP contribution in [0, 0.1) is 0 Å². The molecule has 0 aliphatic heterocycles. The molecule has 0 unspecified atom stereocenters. The van der Waals surface area contributed by atoms with Crippen LogP contribution in [0.25, 0.3) is 4.96 Å². The summed E-state index contributed by atoms with van der Waals surface area (Å²) in [6.45, 7) is 1.88. The Morgan fingerprint density at radius 3 is 3.05 bits per heavy atom. The molecule has 20 heavy (non-hydrogen) atoms. The lowest BCUT2D eigenvalue weighted by Gasteiger charge is -2.06. The topological polar surface area (TPSA) is 89.8 Å². The average Bonchev–Trinajstić information content (AvgIpc) is 2.87. The molecule has 2 rings (SSSR count). The lowest BCUT2D eigenvalue weighted by molar-refractivity contribution is -0.142. The van der Waals surface area contributed by atoms with Gasteiger partial charge in [-0.15, -0.1) is 11.3 Å². The van der Waals surface area contributed by atoms with Crippen LogP contribution in [-0.2, 0) is 19.6 Å². The van der Waals surface area contributed by atoms with Gasteiger partial charge in [-0.2, -0.15) is 0 Å². The van der Waals surface area contributed by atoms with Crippen LogP contribution in [-0.4, -0.2) is 36.9 Å². The van der Waals surface area contributed by atoms with Crippen molar-refractivity contribution in [3.05, 3.63) is 16.7 Å². The fourth-order valence-corrected chi connectivity index (χ4v) is 4.05. The molecule has 10 heteroatoms. The number of aromatic nitrogens is 2. The van der Waals surface area contributed by atoms with Crippen molar-refractivity contribution in [3.63, 3.8) is 0 Å². The van der Waals surface area contributed by atoms with E-state index in [1.165, 1.54) is 15.7 Å². The molecule has 2 aromatic heterocycles. The van der Waals surface area contributed by atoms with E-state index >= 15 is 0 Å². The molecular formula is C10H12ClN3O4S2. The summed E-state index contributed by atoms with van der Waals surface area (Å²) in [5, 5.41) is 1.48. The monoisotopic (exact) mass is 337 g/mol. The SMILES string of the molecule is CCOC(=O)CCNS(=O)(=O)c1c(Cl)nc2sccn12. The molecule has 2 heterocycles. The Kier molecular flexibility index (Phi) is 4.63. The van der Waals surface area contributed by atoms with Crippen LogP contribution in [0.3, 0.4) is 0 Å². The number of halogens is 1. The number of nitrogens with one attached hydrogen (secondary N) is 1. The number of carbonyl (C=O) groups excluding carboxylic acids is 1. The first-order valence-electron chi connectivity index (χ1n) is 5.72. The van der Waals surface area contributed by atoms with E-state index in [2.05, 4.69) is 9.71 Å². The zero-order valence-electron chi connectivity index (χ0n) is 10.5. The Morgan fingerprint density at radius 1 is 1.60 bits per heavy atom. The second kappa shape index (κ2) is 6.08. The third-order valence-electron chi connectivity index (χ3n) is 2.36. The standard InChI is InChI=1S/C10H12ClN3O4S2/c1-2-18-7(15)3-4-12-20(16,17)9-8(11)13-10-14(9)5-6-19-10/h5-6,12H,2-4H2,1H3. The maximum absolute atomic E-state index is 12.2. The number of thiazole rings is 1. The molecule has 0 amide bonds. The van der Waals surface area contributed by atoms with E-state index in [1.54, 1.807) is 18.5 Å². The van der Waals surface area contributed by atoms with Crippen LogP contribution in [0.5, 0.6) is 0 Å². The lowest BCUT2D eigenvalue weighted by Crippen LogP contribution is -2.27. The molecular weight excluding hydrogens is 326 g/mol. The highest BCUT2D eigenvalue weighted by Gasteiger charge is 2.24. The van der Waals surface area contributed by atoms with Crippen molar-refractivity contribution in [3.8, 4) is 0 Å². The van der Waals surface area contributed by atoms with Crippen molar-refractivity contribution >= 4 is 43.9 Å². The van der Waals surface area contributed by atoms with E-state index in [4.69, 9.17) is 16.3 Å². The highest BCUT2D eigenvalue weighted by Crippen LogP contribution is 2.25. The van der Waals surface area contributed by atoms with E-state index in [9.17, 15) is 13.2 Å². The molecule has 0 bridgehead atoms. The number of esters is 1. The summed E-state index contributed by atoms with van der Waals surface area (Å²) in [5.74, 6) is -0.463. The number of ether oxygens (including phenoxy) is 1. The third-order valence-corrected chi connectivity index (χ3v) is 4.98. The number of fused-ring (bicyclic) bond motifs is 1. The van der Waals surface area contributed by atoms with Gasteiger partial charge in [-0.05, 0) is 6.92 Å². The molecule has 0 atom stereocenters. The molecule has 0 saturated carbocycles. The number of hydrogen-bond acceptors (Lipinski definition) is 6. The molecule has 110 valence electrons. The summed E-state index contributed by atoms with van der Waals surface area (Å²) >= 11 is 7.12. The summed E-state index contributed by atoms with van der Waals surface area (Å²) in [6, 6.07) is 0. The number of imidazole rings is 1. The van der Waals surface area contributed by atoms with Crippen LogP contribution in [0.1, 0.15) is 13.3 Å². The van der Waals surface area contributed by atoms with Gasteiger partial charge in [0, 0.05) is 18.1 Å². The quantitative estimate of drug-likeness (QED) is 0.802. The van der Waals surface area contributed by atoms with Crippen molar-refractivity contribution in [1.29, 1.82) is 0 Å². The van der Waals surface area contributed by atoms with Gasteiger partial charge in [0.15, 0.2) is 15.1 Å². The Balaban J connectivity index is 2.12. The summed E-state index contributed by atoms with van der Waals surface area (Å²) in [5.41, 5.74) is 0. The number of rotatable bonds is 6. The van der Waals surface area contributed by atoms with Crippen molar-refractivity contribution in [2.75, 3.05) is 13.2 Å². The Labute approximate surface area is 124 Å².